The molecule has 116 valence electrons. The van der Waals surface area contributed by atoms with Gasteiger partial charge in [0.15, 0.2) is 0 Å². The van der Waals surface area contributed by atoms with Crippen molar-refractivity contribution in [2.75, 3.05) is 6.61 Å². The van der Waals surface area contributed by atoms with Gasteiger partial charge in [0.2, 0.25) is 5.43 Å². The molecule has 2 aromatic rings. The van der Waals surface area contributed by atoms with Crippen molar-refractivity contribution in [2.45, 2.75) is 25.6 Å². The number of hydrogen-bond acceptors (Lipinski definition) is 3. The van der Waals surface area contributed by atoms with Crippen LogP contribution in [0.5, 0.6) is 0 Å². The van der Waals surface area contributed by atoms with Gasteiger partial charge in [0, 0.05) is 18.0 Å². The molecule has 0 unspecified atom stereocenters. The van der Waals surface area contributed by atoms with Crippen LogP contribution in [-0.4, -0.2) is 23.3 Å². The lowest BCUT2D eigenvalue weighted by atomic mass is 10.1. The minimum absolute atomic E-state index is 0.0658. The van der Waals surface area contributed by atoms with Crippen LogP contribution in [0.1, 0.15) is 29.7 Å². The number of nitrogens with zero attached hydrogens (tertiary/aromatic N) is 1. The first-order chi connectivity index (χ1) is 10.5. The molecule has 1 saturated carbocycles. The number of ether oxygens (including phenoxy) is 1. The molecule has 0 amide bonds. The van der Waals surface area contributed by atoms with Crippen LogP contribution in [0.25, 0.3) is 10.9 Å². The van der Waals surface area contributed by atoms with E-state index >= 15 is 0 Å². The van der Waals surface area contributed by atoms with E-state index in [0.29, 0.717) is 0 Å². The number of carbonyl (C=O) groups excluding carboxylic acids is 1. The maximum absolute atomic E-state index is 13.7. The van der Waals surface area contributed by atoms with Crippen LogP contribution in [0.4, 0.5) is 8.78 Å². The van der Waals surface area contributed by atoms with Crippen molar-refractivity contribution < 1.29 is 18.3 Å². The first-order valence-corrected chi connectivity index (χ1v) is 7.17. The highest BCUT2D eigenvalue weighted by atomic mass is 35.5. The van der Waals surface area contributed by atoms with Gasteiger partial charge in [-0.3, -0.25) is 4.79 Å². The van der Waals surface area contributed by atoms with Crippen LogP contribution >= 0.6 is 11.6 Å². The summed E-state index contributed by atoms with van der Waals surface area (Å²) in [6.07, 6.45) is 0.325. The van der Waals surface area contributed by atoms with Gasteiger partial charge >= 0.3 is 5.97 Å². The van der Waals surface area contributed by atoms with Crippen LogP contribution in [-0.2, 0) is 4.74 Å². The molecule has 4 nitrogen and oxygen atoms in total. The zero-order valence-electron chi connectivity index (χ0n) is 11.6. The Morgan fingerprint density at radius 1 is 1.50 bits per heavy atom. The molecule has 0 aliphatic heterocycles. The molecule has 22 heavy (non-hydrogen) atoms. The highest BCUT2D eigenvalue weighted by Gasteiger charge is 2.40. The first kappa shape index (κ1) is 15.0. The van der Waals surface area contributed by atoms with Crippen LogP contribution < -0.4 is 5.43 Å². The van der Waals surface area contributed by atoms with Crippen LogP contribution in [0, 0.1) is 5.82 Å². The van der Waals surface area contributed by atoms with Crippen molar-refractivity contribution in [3.05, 3.63) is 45.0 Å². The average molecular weight is 328 g/mol. The van der Waals surface area contributed by atoms with E-state index in [-0.39, 0.29) is 34.5 Å². The molecule has 1 aromatic carbocycles. The number of rotatable bonds is 3. The third-order valence-electron chi connectivity index (χ3n) is 3.62. The van der Waals surface area contributed by atoms with Crippen molar-refractivity contribution in [3.63, 3.8) is 0 Å². The van der Waals surface area contributed by atoms with Gasteiger partial charge < -0.3 is 9.30 Å². The predicted octanol–water partition coefficient (Wildman–Crippen LogP) is 3.25. The molecule has 0 spiro atoms. The molecule has 7 heteroatoms. The Kier molecular flexibility index (Phi) is 3.64. The maximum Gasteiger partial charge on any atom is 0.343 e. The molecular formula is C15H12ClF2NO3. The van der Waals surface area contributed by atoms with Gasteiger partial charge in [-0.2, -0.15) is 0 Å². The third-order valence-corrected chi connectivity index (χ3v) is 3.98. The Hall–Kier alpha value is -1.95. The lowest BCUT2D eigenvalue weighted by molar-refractivity contribution is 0.0524. The highest BCUT2D eigenvalue weighted by molar-refractivity contribution is 6.35. The molecule has 1 aromatic heterocycles. The molecular weight excluding hydrogens is 316 g/mol. The number of alkyl halides is 1. The van der Waals surface area contributed by atoms with E-state index in [4.69, 9.17) is 16.3 Å². The van der Waals surface area contributed by atoms with E-state index in [2.05, 4.69) is 0 Å². The standard InChI is InChI=1S/C15H12ClF2NO3/c1-2-22-15(21)8-6-19(11-5-10(11)18)13-7(14(8)20)3-4-9(17)12(13)16/h3-4,6,10-11H,2,5H2,1H3/t10-,11+/m0/s1. The summed E-state index contributed by atoms with van der Waals surface area (Å²) in [6.45, 7) is 1.72. The summed E-state index contributed by atoms with van der Waals surface area (Å²) in [6, 6.07) is 1.73. The van der Waals surface area contributed by atoms with Crippen molar-refractivity contribution in [3.8, 4) is 0 Å². The predicted molar refractivity (Wildman–Crippen MR) is 77.7 cm³/mol. The lowest BCUT2D eigenvalue weighted by Crippen LogP contribution is -2.21. The molecule has 1 aliphatic carbocycles. The molecule has 2 atom stereocenters. The first-order valence-electron chi connectivity index (χ1n) is 6.79. The van der Waals surface area contributed by atoms with Gasteiger partial charge in [-0.1, -0.05) is 11.6 Å². The zero-order valence-corrected chi connectivity index (χ0v) is 12.4. The molecule has 1 heterocycles. The van der Waals surface area contributed by atoms with E-state index in [1.54, 1.807) is 6.92 Å². The fourth-order valence-electron chi connectivity index (χ4n) is 2.44. The fourth-order valence-corrected chi connectivity index (χ4v) is 2.70. The molecule has 0 radical (unpaired) electrons. The largest absolute Gasteiger partial charge is 0.462 e. The number of carbonyl (C=O) groups is 1. The quantitative estimate of drug-likeness (QED) is 0.813. The molecule has 0 saturated heterocycles. The zero-order chi connectivity index (χ0) is 16.0. The molecule has 3 rings (SSSR count). The van der Waals surface area contributed by atoms with Crippen LogP contribution in [0.2, 0.25) is 5.02 Å². The second-order valence-electron chi connectivity index (χ2n) is 5.08. The van der Waals surface area contributed by atoms with Gasteiger partial charge in [0.05, 0.1) is 18.2 Å². The van der Waals surface area contributed by atoms with Gasteiger partial charge in [-0.15, -0.1) is 0 Å². The second kappa shape index (κ2) is 5.35. The van der Waals surface area contributed by atoms with Gasteiger partial charge in [-0.05, 0) is 19.1 Å². The Labute approximate surface area is 129 Å². The summed E-state index contributed by atoms with van der Waals surface area (Å²) in [5.41, 5.74) is -0.719. The summed E-state index contributed by atoms with van der Waals surface area (Å²) in [5.74, 6) is -1.50. The number of benzene rings is 1. The molecule has 0 bridgehead atoms. The van der Waals surface area contributed by atoms with Crippen molar-refractivity contribution >= 4 is 28.5 Å². The number of fused-ring (bicyclic) bond motifs is 1. The molecule has 0 N–H and O–H groups in total. The summed E-state index contributed by atoms with van der Waals surface area (Å²) in [5, 5.41) is -0.194. The van der Waals surface area contributed by atoms with Gasteiger partial charge in [0.25, 0.3) is 0 Å². The normalized spacial score (nSPS) is 20.2. The van der Waals surface area contributed by atoms with Gasteiger partial charge in [0.1, 0.15) is 22.6 Å². The minimum atomic E-state index is -1.11. The topological polar surface area (TPSA) is 48.3 Å². The third kappa shape index (κ3) is 2.27. The van der Waals surface area contributed by atoms with E-state index in [0.717, 1.165) is 6.07 Å². The van der Waals surface area contributed by atoms with E-state index in [1.165, 1.54) is 16.8 Å². The second-order valence-corrected chi connectivity index (χ2v) is 5.45. The number of esters is 1. The Balaban J connectivity index is 2.33. The van der Waals surface area contributed by atoms with E-state index in [9.17, 15) is 18.4 Å². The Bertz CT molecular complexity index is 834. The van der Waals surface area contributed by atoms with Gasteiger partial charge in [-0.25, -0.2) is 13.6 Å². The highest BCUT2D eigenvalue weighted by Crippen LogP contribution is 2.42. The van der Waals surface area contributed by atoms with Crippen molar-refractivity contribution in [1.29, 1.82) is 0 Å². The number of aromatic nitrogens is 1. The number of halogens is 3. The smallest absolute Gasteiger partial charge is 0.343 e. The fraction of sp³-hybridized carbons (Fsp3) is 0.333. The van der Waals surface area contributed by atoms with Crippen LogP contribution in [0.15, 0.2) is 23.1 Å². The summed E-state index contributed by atoms with van der Waals surface area (Å²) in [7, 11) is 0. The minimum Gasteiger partial charge on any atom is -0.462 e. The molecule has 1 fully saturated rings. The number of hydrogen-bond donors (Lipinski definition) is 0. The Morgan fingerprint density at radius 2 is 2.18 bits per heavy atom. The van der Waals surface area contributed by atoms with Crippen molar-refractivity contribution in [1.82, 2.24) is 4.57 Å². The van der Waals surface area contributed by atoms with Crippen molar-refractivity contribution in [2.24, 2.45) is 0 Å². The summed E-state index contributed by atoms with van der Waals surface area (Å²) < 4.78 is 33.3. The number of pyridine rings is 1. The lowest BCUT2D eigenvalue weighted by Gasteiger charge is -2.13. The van der Waals surface area contributed by atoms with Crippen LogP contribution in [0.3, 0.4) is 0 Å². The molecule has 1 aliphatic rings. The SMILES string of the molecule is CCOC(=O)c1cn([C@@H]2C[C@@H]2F)c2c(Cl)c(F)ccc2c1=O. The average Bonchev–Trinajstić information content (AvgIpc) is 3.20. The van der Waals surface area contributed by atoms with E-state index < -0.39 is 29.4 Å². The monoisotopic (exact) mass is 327 g/mol. The Morgan fingerprint density at radius 3 is 2.77 bits per heavy atom. The maximum atomic E-state index is 13.7. The summed E-state index contributed by atoms with van der Waals surface area (Å²) >= 11 is 5.94. The van der Waals surface area contributed by atoms with E-state index in [1.807, 2.05) is 0 Å². The summed E-state index contributed by atoms with van der Waals surface area (Å²) in [4.78, 5) is 24.3.